The molecule has 0 unspecified atom stereocenters. The zero-order valence-electron chi connectivity index (χ0n) is 15.3. The van der Waals surface area contributed by atoms with Crippen LogP contribution in [0.3, 0.4) is 0 Å². The highest BCUT2D eigenvalue weighted by Gasteiger charge is 2.11. The molecule has 7 heteroatoms. The smallest absolute Gasteiger partial charge is 0.267 e. The molecule has 3 rings (SSSR count). The number of amides is 1. The lowest BCUT2D eigenvalue weighted by Crippen LogP contribution is -2.30. The molecule has 2 aromatic heterocycles. The average molecular weight is 351 g/mol. The van der Waals surface area contributed by atoms with Gasteiger partial charge in [0.15, 0.2) is 5.82 Å². The SMILES string of the molecule is Cc1cc(C)n(-c2ccc(=O)n(CC(=O)Nc3cccc(C)c3C)n2)n1. The topological polar surface area (TPSA) is 81.8 Å². The molecule has 7 nitrogen and oxygen atoms in total. The summed E-state index contributed by atoms with van der Waals surface area (Å²) in [5, 5.41) is 11.5. The molecule has 134 valence electrons. The molecule has 0 spiro atoms. The number of carbonyl (C=O) groups excluding carboxylic acids is 1. The molecular weight excluding hydrogens is 330 g/mol. The number of hydrogen-bond acceptors (Lipinski definition) is 4. The highest BCUT2D eigenvalue weighted by molar-refractivity contribution is 5.91. The highest BCUT2D eigenvalue weighted by atomic mass is 16.2. The average Bonchev–Trinajstić information content (AvgIpc) is 2.92. The van der Waals surface area contributed by atoms with Crippen LogP contribution >= 0.6 is 0 Å². The molecule has 0 aliphatic rings. The van der Waals surface area contributed by atoms with E-state index in [2.05, 4.69) is 15.5 Å². The van der Waals surface area contributed by atoms with Gasteiger partial charge in [0, 0.05) is 17.4 Å². The van der Waals surface area contributed by atoms with E-state index in [1.54, 1.807) is 10.7 Å². The number of carbonyl (C=O) groups is 1. The second-order valence-corrected chi connectivity index (χ2v) is 6.32. The van der Waals surface area contributed by atoms with Gasteiger partial charge < -0.3 is 5.32 Å². The first-order chi connectivity index (χ1) is 12.3. The van der Waals surface area contributed by atoms with Gasteiger partial charge in [-0.2, -0.15) is 5.10 Å². The monoisotopic (exact) mass is 351 g/mol. The van der Waals surface area contributed by atoms with Crippen molar-refractivity contribution in [3.05, 3.63) is 69.3 Å². The fraction of sp³-hybridized carbons (Fsp3) is 0.263. The van der Waals surface area contributed by atoms with Crippen molar-refractivity contribution in [1.29, 1.82) is 0 Å². The molecule has 1 N–H and O–H groups in total. The summed E-state index contributed by atoms with van der Waals surface area (Å²) in [6.07, 6.45) is 0. The molecule has 2 heterocycles. The molecule has 3 aromatic rings. The Balaban J connectivity index is 1.84. The Kier molecular flexibility index (Phi) is 4.71. The van der Waals surface area contributed by atoms with Gasteiger partial charge in [0.1, 0.15) is 6.54 Å². The molecule has 0 fully saturated rings. The summed E-state index contributed by atoms with van der Waals surface area (Å²) in [5.74, 6) is 0.188. The fourth-order valence-electron chi connectivity index (χ4n) is 2.74. The minimum absolute atomic E-state index is 0.167. The molecular formula is C19H21N5O2. The van der Waals surface area contributed by atoms with Gasteiger partial charge in [0.05, 0.1) is 5.69 Å². The summed E-state index contributed by atoms with van der Waals surface area (Å²) >= 11 is 0. The van der Waals surface area contributed by atoms with Crippen molar-refractivity contribution in [3.63, 3.8) is 0 Å². The molecule has 0 atom stereocenters. The third kappa shape index (κ3) is 3.56. The van der Waals surface area contributed by atoms with Gasteiger partial charge in [-0.05, 0) is 57.0 Å². The number of aromatic nitrogens is 4. The Morgan fingerprint density at radius 3 is 2.54 bits per heavy atom. The van der Waals surface area contributed by atoms with Crippen molar-refractivity contribution in [2.24, 2.45) is 0 Å². The Labute approximate surface area is 151 Å². The number of rotatable bonds is 4. The third-order valence-electron chi connectivity index (χ3n) is 4.25. The van der Waals surface area contributed by atoms with Crippen LogP contribution in [0.5, 0.6) is 0 Å². The van der Waals surface area contributed by atoms with Crippen molar-refractivity contribution in [1.82, 2.24) is 19.6 Å². The fourth-order valence-corrected chi connectivity index (χ4v) is 2.74. The molecule has 0 saturated carbocycles. The minimum atomic E-state index is -0.341. The van der Waals surface area contributed by atoms with Crippen LogP contribution in [0.25, 0.3) is 5.82 Å². The van der Waals surface area contributed by atoms with Crippen molar-refractivity contribution in [2.45, 2.75) is 34.2 Å². The van der Waals surface area contributed by atoms with E-state index in [0.29, 0.717) is 5.82 Å². The Hall–Kier alpha value is -3.22. The lowest BCUT2D eigenvalue weighted by molar-refractivity contribution is -0.117. The van der Waals surface area contributed by atoms with E-state index >= 15 is 0 Å². The zero-order chi connectivity index (χ0) is 18.8. The van der Waals surface area contributed by atoms with E-state index in [9.17, 15) is 9.59 Å². The maximum atomic E-state index is 12.4. The van der Waals surface area contributed by atoms with Gasteiger partial charge in [-0.1, -0.05) is 12.1 Å². The van der Waals surface area contributed by atoms with Crippen molar-refractivity contribution >= 4 is 11.6 Å². The number of benzene rings is 1. The highest BCUT2D eigenvalue weighted by Crippen LogP contribution is 2.17. The van der Waals surface area contributed by atoms with Crippen molar-refractivity contribution in [2.75, 3.05) is 5.32 Å². The molecule has 0 saturated heterocycles. The van der Waals surface area contributed by atoms with Gasteiger partial charge in [-0.15, -0.1) is 5.10 Å². The molecule has 0 bridgehead atoms. The first-order valence-electron chi connectivity index (χ1n) is 8.33. The molecule has 0 radical (unpaired) electrons. The van der Waals surface area contributed by atoms with Crippen LogP contribution < -0.4 is 10.9 Å². The van der Waals surface area contributed by atoms with Crippen LogP contribution in [0.15, 0.2) is 41.2 Å². The number of nitrogens with one attached hydrogen (secondary N) is 1. The molecule has 0 aliphatic carbocycles. The third-order valence-corrected chi connectivity index (χ3v) is 4.25. The van der Waals surface area contributed by atoms with Crippen LogP contribution in [0.1, 0.15) is 22.5 Å². The maximum absolute atomic E-state index is 12.4. The number of hydrogen-bond donors (Lipinski definition) is 1. The van der Waals surface area contributed by atoms with Gasteiger partial charge in [0.25, 0.3) is 5.56 Å². The first kappa shape index (κ1) is 17.6. The number of anilines is 1. The second kappa shape index (κ2) is 6.95. The summed E-state index contributed by atoms with van der Waals surface area (Å²) in [5.41, 5.74) is 4.24. The van der Waals surface area contributed by atoms with Crippen LogP contribution in [-0.2, 0) is 11.3 Å². The molecule has 1 amide bonds. The minimum Gasteiger partial charge on any atom is -0.324 e. The van der Waals surface area contributed by atoms with E-state index in [4.69, 9.17) is 0 Å². The van der Waals surface area contributed by atoms with Crippen molar-refractivity contribution < 1.29 is 4.79 Å². The lowest BCUT2D eigenvalue weighted by Gasteiger charge is -2.11. The van der Waals surface area contributed by atoms with Gasteiger partial charge in [0.2, 0.25) is 5.91 Å². The summed E-state index contributed by atoms with van der Waals surface area (Å²) in [7, 11) is 0. The van der Waals surface area contributed by atoms with Crippen LogP contribution in [0.2, 0.25) is 0 Å². The Bertz CT molecular complexity index is 1030. The standard InChI is InChI=1S/C19H21N5O2/c1-12-6-5-7-16(15(12)4)20-18(25)11-23-19(26)9-8-17(22-23)24-14(3)10-13(2)21-24/h5-10H,11H2,1-4H3,(H,20,25). The predicted molar refractivity (Wildman–Crippen MR) is 99.6 cm³/mol. The quantitative estimate of drug-likeness (QED) is 0.782. The Morgan fingerprint density at radius 2 is 1.85 bits per heavy atom. The summed E-state index contributed by atoms with van der Waals surface area (Å²) in [6, 6.07) is 10.6. The number of nitrogens with zero attached hydrogens (tertiary/aromatic N) is 4. The van der Waals surface area contributed by atoms with Gasteiger partial charge in [-0.25, -0.2) is 9.36 Å². The molecule has 0 aliphatic heterocycles. The second-order valence-electron chi connectivity index (χ2n) is 6.32. The van der Waals surface area contributed by atoms with E-state index in [1.165, 1.54) is 6.07 Å². The summed E-state index contributed by atoms with van der Waals surface area (Å²) < 4.78 is 2.79. The largest absolute Gasteiger partial charge is 0.324 e. The van der Waals surface area contributed by atoms with Crippen LogP contribution in [0.4, 0.5) is 5.69 Å². The summed E-state index contributed by atoms with van der Waals surface area (Å²) in [6.45, 7) is 7.55. The maximum Gasteiger partial charge on any atom is 0.267 e. The van der Waals surface area contributed by atoms with E-state index < -0.39 is 0 Å². The molecule has 1 aromatic carbocycles. The lowest BCUT2D eigenvalue weighted by atomic mass is 10.1. The van der Waals surface area contributed by atoms with E-state index in [-0.39, 0.29) is 18.0 Å². The Morgan fingerprint density at radius 1 is 1.08 bits per heavy atom. The normalized spacial score (nSPS) is 10.8. The predicted octanol–water partition coefficient (Wildman–Crippen LogP) is 2.30. The van der Waals surface area contributed by atoms with Gasteiger partial charge >= 0.3 is 0 Å². The first-order valence-corrected chi connectivity index (χ1v) is 8.33. The van der Waals surface area contributed by atoms with E-state index in [0.717, 1.165) is 32.9 Å². The van der Waals surface area contributed by atoms with Crippen molar-refractivity contribution in [3.8, 4) is 5.82 Å². The van der Waals surface area contributed by atoms with Crippen LogP contribution in [-0.4, -0.2) is 25.5 Å². The van der Waals surface area contributed by atoms with Crippen LogP contribution in [0, 0.1) is 27.7 Å². The zero-order valence-corrected chi connectivity index (χ0v) is 15.3. The van der Waals surface area contributed by atoms with Gasteiger partial charge in [-0.3, -0.25) is 9.59 Å². The number of aryl methyl sites for hydroxylation is 3. The summed E-state index contributed by atoms with van der Waals surface area (Å²) in [4.78, 5) is 24.5. The molecule has 26 heavy (non-hydrogen) atoms. The van der Waals surface area contributed by atoms with E-state index in [1.807, 2.05) is 52.0 Å².